The molecule has 0 bridgehead atoms. The third-order valence-electron chi connectivity index (χ3n) is 5.39. The van der Waals surface area contributed by atoms with Crippen molar-refractivity contribution >= 4 is 32.9 Å². The van der Waals surface area contributed by atoms with Crippen LogP contribution in [-0.4, -0.2) is 50.5 Å². The molecule has 2 aromatic carbocycles. The Morgan fingerprint density at radius 3 is 2.81 bits per heavy atom. The third-order valence-corrected chi connectivity index (χ3v) is 6.76. The van der Waals surface area contributed by atoms with E-state index in [0.717, 1.165) is 5.56 Å². The van der Waals surface area contributed by atoms with Gasteiger partial charge in [-0.05, 0) is 18.2 Å². The molecule has 0 spiro atoms. The van der Waals surface area contributed by atoms with Crippen LogP contribution in [0.4, 0.5) is 10.6 Å². The molecule has 0 fully saturated rings. The summed E-state index contributed by atoms with van der Waals surface area (Å²) in [6, 6.07) is 7.91. The highest BCUT2D eigenvalue weighted by atomic mass is 32.2. The largest absolute Gasteiger partial charge is 0.495 e. The van der Waals surface area contributed by atoms with E-state index < -0.39 is 16.1 Å². The van der Waals surface area contributed by atoms with Crippen LogP contribution in [0, 0.1) is 0 Å². The third kappa shape index (κ3) is 4.33. The summed E-state index contributed by atoms with van der Waals surface area (Å²) >= 11 is 0. The fourth-order valence-corrected chi connectivity index (χ4v) is 4.94. The number of fused-ring (bicyclic) bond motifs is 3. The van der Waals surface area contributed by atoms with Crippen LogP contribution in [0.5, 0.6) is 17.2 Å². The molecule has 1 amide bonds. The van der Waals surface area contributed by atoms with E-state index in [-0.39, 0.29) is 29.8 Å². The number of para-hydroxylation sites is 1. The van der Waals surface area contributed by atoms with Gasteiger partial charge in [0.05, 0.1) is 27.0 Å². The molecule has 1 aliphatic rings. The van der Waals surface area contributed by atoms with Crippen LogP contribution in [0.25, 0.3) is 11.0 Å². The average molecular weight is 516 g/mol. The van der Waals surface area contributed by atoms with Crippen molar-refractivity contribution in [1.29, 1.82) is 0 Å². The van der Waals surface area contributed by atoms with E-state index in [9.17, 15) is 13.2 Å². The highest BCUT2D eigenvalue weighted by molar-refractivity contribution is 7.92. The summed E-state index contributed by atoms with van der Waals surface area (Å²) in [6.45, 7) is 0.489. The number of ether oxygens (including phenoxy) is 4. The average Bonchev–Trinajstić information content (AvgIpc) is 3.62. The number of hydrogen-bond donors (Lipinski definition) is 2. The van der Waals surface area contributed by atoms with Gasteiger partial charge in [-0.25, -0.2) is 13.2 Å². The lowest BCUT2D eigenvalue weighted by Gasteiger charge is -2.10. The van der Waals surface area contributed by atoms with E-state index in [2.05, 4.69) is 25.0 Å². The van der Waals surface area contributed by atoms with E-state index in [1.54, 1.807) is 41.3 Å². The lowest BCUT2D eigenvalue weighted by atomic mass is 10.1. The fraction of sp³-hybridized carbons (Fsp3) is 0.227. The van der Waals surface area contributed by atoms with Crippen molar-refractivity contribution in [2.75, 3.05) is 25.7 Å². The van der Waals surface area contributed by atoms with Gasteiger partial charge >= 0.3 is 6.09 Å². The molecule has 5 rings (SSSR count). The lowest BCUT2D eigenvalue weighted by Crippen LogP contribution is -2.21. The number of benzene rings is 2. The molecule has 0 unspecified atom stereocenters. The van der Waals surface area contributed by atoms with Gasteiger partial charge in [0.25, 0.3) is 10.0 Å². The number of anilines is 1. The van der Waals surface area contributed by atoms with Crippen molar-refractivity contribution in [3.05, 3.63) is 53.9 Å². The van der Waals surface area contributed by atoms with Gasteiger partial charge in [-0.1, -0.05) is 17.3 Å². The monoisotopic (exact) mass is 515 g/mol. The molecule has 188 valence electrons. The first-order chi connectivity index (χ1) is 17.4. The molecule has 0 saturated heterocycles. The van der Waals surface area contributed by atoms with Crippen LogP contribution in [-0.2, 0) is 27.8 Å². The molecule has 3 heterocycles. The van der Waals surface area contributed by atoms with Gasteiger partial charge in [-0.15, -0.1) is 0 Å². The maximum Gasteiger partial charge on any atom is 0.407 e. The summed E-state index contributed by atoms with van der Waals surface area (Å²) in [4.78, 5) is 11.2. The molecule has 2 aromatic heterocycles. The smallest absolute Gasteiger partial charge is 0.407 e. The van der Waals surface area contributed by atoms with Crippen LogP contribution < -0.4 is 24.2 Å². The molecule has 0 aliphatic carbocycles. The Bertz CT molecular complexity index is 1550. The van der Waals surface area contributed by atoms with Gasteiger partial charge < -0.3 is 28.8 Å². The maximum absolute atomic E-state index is 13.1. The number of methoxy groups -OCH3 is 2. The number of aromatic nitrogens is 3. The summed E-state index contributed by atoms with van der Waals surface area (Å²) in [7, 11) is -1.38. The van der Waals surface area contributed by atoms with Crippen LogP contribution >= 0.6 is 0 Å². The Morgan fingerprint density at radius 2 is 2.00 bits per heavy atom. The van der Waals surface area contributed by atoms with E-state index >= 15 is 0 Å². The maximum atomic E-state index is 13.1. The first-order valence-electron chi connectivity index (χ1n) is 10.6. The quantitative estimate of drug-likeness (QED) is 0.357. The normalized spacial score (nSPS) is 12.5. The van der Waals surface area contributed by atoms with Gasteiger partial charge in [0, 0.05) is 23.9 Å². The molecule has 0 saturated carbocycles. The lowest BCUT2D eigenvalue weighted by molar-refractivity contribution is 0.170. The summed E-state index contributed by atoms with van der Waals surface area (Å²) in [6.07, 6.45) is 2.83. The van der Waals surface area contributed by atoms with Crippen molar-refractivity contribution in [3.8, 4) is 17.2 Å². The predicted octanol–water partition coefficient (Wildman–Crippen LogP) is 2.47. The second kappa shape index (κ2) is 9.30. The SMILES string of the molecule is COC(=O)NCc1cnn(Cc2cc3onc(NS(=O)(=O)c4ccccc4OC)c3c3c2OCO3)c1. The highest BCUT2D eigenvalue weighted by Crippen LogP contribution is 2.46. The number of sulfonamides is 1. The van der Waals surface area contributed by atoms with Crippen LogP contribution in [0.15, 0.2) is 52.1 Å². The fourth-order valence-electron chi connectivity index (χ4n) is 3.76. The highest BCUT2D eigenvalue weighted by Gasteiger charge is 2.29. The van der Waals surface area contributed by atoms with Gasteiger partial charge in [-0.2, -0.15) is 5.10 Å². The van der Waals surface area contributed by atoms with E-state index in [0.29, 0.717) is 34.6 Å². The zero-order valence-corrected chi connectivity index (χ0v) is 20.0. The van der Waals surface area contributed by atoms with Crippen molar-refractivity contribution in [2.24, 2.45) is 0 Å². The van der Waals surface area contributed by atoms with E-state index in [1.807, 2.05) is 0 Å². The minimum absolute atomic E-state index is 0.0422. The second-order valence-corrected chi connectivity index (χ2v) is 9.30. The van der Waals surface area contributed by atoms with Gasteiger partial charge in [0.2, 0.25) is 6.79 Å². The summed E-state index contributed by atoms with van der Waals surface area (Å²) in [5.41, 5.74) is 1.75. The van der Waals surface area contributed by atoms with Crippen molar-refractivity contribution in [1.82, 2.24) is 20.3 Å². The zero-order valence-electron chi connectivity index (χ0n) is 19.2. The number of nitrogens with one attached hydrogen (secondary N) is 2. The number of nitrogens with zero attached hydrogens (tertiary/aromatic N) is 3. The Morgan fingerprint density at radius 1 is 1.19 bits per heavy atom. The molecule has 2 N–H and O–H groups in total. The van der Waals surface area contributed by atoms with Crippen LogP contribution in [0.2, 0.25) is 0 Å². The number of carbonyl (C=O) groups is 1. The predicted molar refractivity (Wildman–Crippen MR) is 125 cm³/mol. The molecule has 0 atom stereocenters. The van der Waals surface area contributed by atoms with Crippen LogP contribution in [0.3, 0.4) is 0 Å². The standard InChI is InChI=1S/C22H21N5O8S/c1-31-15-5-3-4-6-17(15)36(29,30)26-21-18-16(35-25-21)7-14(19-20(18)34-12-33-19)11-27-10-13(9-24-27)8-23-22(28)32-2/h3-7,9-10H,8,11-12H2,1-2H3,(H,23,28)(H,25,26). The van der Waals surface area contributed by atoms with Gasteiger partial charge in [0.1, 0.15) is 16.0 Å². The first kappa shape index (κ1) is 23.3. The first-order valence-corrected chi connectivity index (χ1v) is 12.1. The number of hydrogen-bond acceptors (Lipinski definition) is 10. The zero-order chi connectivity index (χ0) is 25.3. The molecule has 0 radical (unpaired) electrons. The van der Waals surface area contributed by atoms with Crippen LogP contribution in [0.1, 0.15) is 11.1 Å². The van der Waals surface area contributed by atoms with Crippen molar-refractivity contribution in [3.63, 3.8) is 0 Å². The Hall–Kier alpha value is -4.46. The number of amides is 1. The van der Waals surface area contributed by atoms with Gasteiger partial charge in [0.15, 0.2) is 22.9 Å². The van der Waals surface area contributed by atoms with Crippen molar-refractivity contribution in [2.45, 2.75) is 18.0 Å². The number of carbonyl (C=O) groups excluding carboxylic acids is 1. The topological polar surface area (TPSA) is 156 Å². The Labute approximate surface area is 204 Å². The van der Waals surface area contributed by atoms with E-state index in [1.165, 1.54) is 20.3 Å². The minimum atomic E-state index is -4.05. The summed E-state index contributed by atoms with van der Waals surface area (Å²) in [5.74, 6) is 0.874. The molecular weight excluding hydrogens is 494 g/mol. The van der Waals surface area contributed by atoms with Gasteiger partial charge in [-0.3, -0.25) is 9.40 Å². The molecule has 36 heavy (non-hydrogen) atoms. The van der Waals surface area contributed by atoms with Crippen molar-refractivity contribution < 1.29 is 36.7 Å². The number of alkyl carbamates (subject to hydrolysis) is 1. The summed E-state index contributed by atoms with van der Waals surface area (Å²) in [5, 5.41) is 11.1. The minimum Gasteiger partial charge on any atom is -0.495 e. The molecule has 4 aromatic rings. The molecular formula is C22H21N5O8S. The second-order valence-electron chi connectivity index (χ2n) is 7.65. The molecule has 14 heteroatoms. The number of rotatable bonds is 8. The Kier molecular flexibility index (Phi) is 6.01. The van der Waals surface area contributed by atoms with E-state index in [4.69, 9.17) is 18.7 Å². The Balaban J connectivity index is 1.44. The molecule has 13 nitrogen and oxygen atoms in total. The molecule has 1 aliphatic heterocycles. The summed E-state index contributed by atoms with van der Waals surface area (Å²) < 4.78 is 56.7.